The molecule has 0 spiro atoms. The highest BCUT2D eigenvalue weighted by Gasteiger charge is 2.33. The molecule has 0 radical (unpaired) electrons. The SMILES string of the molecule is CCc1nc2nc3cc(Cl)ccc3nc2n1C(=O)C1CC1. The van der Waals surface area contributed by atoms with Crippen LogP contribution >= 0.6 is 11.6 Å². The summed E-state index contributed by atoms with van der Waals surface area (Å²) in [7, 11) is 0. The molecule has 2 aromatic heterocycles. The van der Waals surface area contributed by atoms with Gasteiger partial charge < -0.3 is 0 Å². The van der Waals surface area contributed by atoms with E-state index in [0.717, 1.165) is 24.2 Å². The number of aromatic nitrogens is 4. The average Bonchev–Trinajstić information content (AvgIpc) is 3.26. The highest BCUT2D eigenvalue weighted by molar-refractivity contribution is 6.31. The lowest BCUT2D eigenvalue weighted by atomic mass is 10.3. The Labute approximate surface area is 126 Å². The lowest BCUT2D eigenvalue weighted by Gasteiger charge is -2.04. The number of halogens is 1. The van der Waals surface area contributed by atoms with Gasteiger partial charge in [-0.05, 0) is 31.0 Å². The standard InChI is InChI=1S/C15H13ClN4O/c1-2-12-19-13-14(20(12)15(21)8-3-4-8)18-10-6-5-9(16)7-11(10)17-13/h5-8H,2-4H2,1H3. The van der Waals surface area contributed by atoms with Gasteiger partial charge in [0.05, 0.1) is 11.0 Å². The van der Waals surface area contributed by atoms with Crippen LogP contribution in [0.15, 0.2) is 18.2 Å². The summed E-state index contributed by atoms with van der Waals surface area (Å²) in [6.45, 7) is 1.98. The van der Waals surface area contributed by atoms with Gasteiger partial charge in [-0.15, -0.1) is 0 Å². The molecular formula is C15H13ClN4O. The number of benzene rings is 1. The number of hydrogen-bond acceptors (Lipinski definition) is 4. The largest absolute Gasteiger partial charge is 0.274 e. The zero-order chi connectivity index (χ0) is 14.6. The molecule has 0 bridgehead atoms. The van der Waals surface area contributed by atoms with Gasteiger partial charge in [0.1, 0.15) is 5.82 Å². The van der Waals surface area contributed by atoms with Crippen LogP contribution in [0.2, 0.25) is 5.02 Å². The second-order valence-corrected chi connectivity index (χ2v) is 5.77. The minimum atomic E-state index is 0.0944. The van der Waals surface area contributed by atoms with Gasteiger partial charge in [-0.25, -0.2) is 19.5 Å². The molecule has 0 amide bonds. The van der Waals surface area contributed by atoms with E-state index in [1.807, 2.05) is 13.0 Å². The lowest BCUT2D eigenvalue weighted by Crippen LogP contribution is -2.16. The first-order chi connectivity index (χ1) is 10.2. The predicted octanol–water partition coefficient (Wildman–Crippen LogP) is 3.25. The van der Waals surface area contributed by atoms with Gasteiger partial charge in [0.15, 0.2) is 11.3 Å². The third-order valence-electron chi connectivity index (χ3n) is 3.76. The van der Waals surface area contributed by atoms with Gasteiger partial charge in [-0.2, -0.15) is 0 Å². The topological polar surface area (TPSA) is 60.7 Å². The fourth-order valence-corrected chi connectivity index (χ4v) is 2.68. The zero-order valence-corrected chi connectivity index (χ0v) is 12.3. The Morgan fingerprint density at radius 2 is 2.10 bits per heavy atom. The number of aryl methyl sites for hydroxylation is 1. The maximum absolute atomic E-state index is 12.5. The number of nitrogens with zero attached hydrogens (tertiary/aromatic N) is 4. The van der Waals surface area contributed by atoms with Gasteiger partial charge in [-0.3, -0.25) is 4.79 Å². The highest BCUT2D eigenvalue weighted by atomic mass is 35.5. The quantitative estimate of drug-likeness (QED) is 0.729. The molecule has 4 rings (SSSR count). The first kappa shape index (κ1) is 12.7. The van der Waals surface area contributed by atoms with Gasteiger partial charge in [0.25, 0.3) is 0 Å². The van der Waals surface area contributed by atoms with Crippen molar-refractivity contribution in [3.05, 3.63) is 29.0 Å². The number of imidazole rings is 1. The molecule has 6 heteroatoms. The third-order valence-corrected chi connectivity index (χ3v) is 3.99. The van der Waals surface area contributed by atoms with Crippen LogP contribution in [0.1, 0.15) is 30.4 Å². The molecule has 1 aliphatic carbocycles. The van der Waals surface area contributed by atoms with Crippen molar-refractivity contribution in [2.75, 3.05) is 0 Å². The van der Waals surface area contributed by atoms with Crippen molar-refractivity contribution in [1.29, 1.82) is 0 Å². The average molecular weight is 301 g/mol. The van der Waals surface area contributed by atoms with Gasteiger partial charge in [-0.1, -0.05) is 18.5 Å². The van der Waals surface area contributed by atoms with Crippen molar-refractivity contribution < 1.29 is 4.79 Å². The molecule has 0 saturated heterocycles. The first-order valence-corrected chi connectivity index (χ1v) is 7.44. The Bertz CT molecular complexity index is 882. The molecule has 0 atom stereocenters. The van der Waals surface area contributed by atoms with Crippen LogP contribution in [0, 0.1) is 5.92 Å². The van der Waals surface area contributed by atoms with E-state index in [-0.39, 0.29) is 11.8 Å². The van der Waals surface area contributed by atoms with Crippen molar-refractivity contribution in [2.45, 2.75) is 26.2 Å². The minimum Gasteiger partial charge on any atom is -0.274 e. The molecular weight excluding hydrogens is 288 g/mol. The van der Waals surface area contributed by atoms with Crippen molar-refractivity contribution >= 4 is 39.8 Å². The summed E-state index contributed by atoms with van der Waals surface area (Å²) in [4.78, 5) is 26.0. The second kappa shape index (κ2) is 4.49. The van der Waals surface area contributed by atoms with Crippen molar-refractivity contribution in [3.63, 3.8) is 0 Å². The fourth-order valence-electron chi connectivity index (χ4n) is 2.51. The summed E-state index contributed by atoms with van der Waals surface area (Å²) in [5.41, 5.74) is 2.48. The van der Waals surface area contributed by atoms with E-state index in [9.17, 15) is 4.79 Å². The molecule has 0 unspecified atom stereocenters. The maximum atomic E-state index is 12.5. The normalized spacial score (nSPS) is 15.0. The van der Waals surface area contributed by atoms with Crippen LogP contribution in [-0.2, 0) is 6.42 Å². The monoisotopic (exact) mass is 300 g/mol. The van der Waals surface area contributed by atoms with Crippen molar-refractivity contribution in [1.82, 2.24) is 19.5 Å². The van der Waals surface area contributed by atoms with Crippen LogP contribution in [0.3, 0.4) is 0 Å². The summed E-state index contributed by atoms with van der Waals surface area (Å²) in [5, 5.41) is 0.611. The highest BCUT2D eigenvalue weighted by Crippen LogP contribution is 2.32. The van der Waals surface area contributed by atoms with E-state index in [1.54, 1.807) is 16.7 Å². The fraction of sp³-hybridized carbons (Fsp3) is 0.333. The predicted molar refractivity (Wildman–Crippen MR) is 80.6 cm³/mol. The summed E-state index contributed by atoms with van der Waals surface area (Å²) in [6, 6.07) is 5.35. The number of carbonyl (C=O) groups excluding carboxylic acids is 1. The molecule has 1 aromatic carbocycles. The molecule has 0 N–H and O–H groups in total. The van der Waals surface area contributed by atoms with Gasteiger partial charge >= 0.3 is 0 Å². The third kappa shape index (κ3) is 2.00. The van der Waals surface area contributed by atoms with Crippen LogP contribution in [0.4, 0.5) is 0 Å². The van der Waals surface area contributed by atoms with E-state index in [2.05, 4.69) is 15.0 Å². The molecule has 21 heavy (non-hydrogen) atoms. The number of hydrogen-bond donors (Lipinski definition) is 0. The Kier molecular flexibility index (Phi) is 2.72. The molecule has 106 valence electrons. The van der Waals surface area contributed by atoms with Crippen molar-refractivity contribution in [3.8, 4) is 0 Å². The van der Waals surface area contributed by atoms with E-state index >= 15 is 0 Å². The van der Waals surface area contributed by atoms with E-state index in [4.69, 9.17) is 11.6 Å². The smallest absolute Gasteiger partial charge is 0.236 e. The molecule has 5 nitrogen and oxygen atoms in total. The lowest BCUT2D eigenvalue weighted by molar-refractivity contribution is 0.0887. The minimum absolute atomic E-state index is 0.0944. The van der Waals surface area contributed by atoms with Crippen LogP contribution in [-0.4, -0.2) is 25.4 Å². The second-order valence-electron chi connectivity index (χ2n) is 5.33. The summed E-state index contributed by atoms with van der Waals surface area (Å²) >= 11 is 5.99. The Balaban J connectivity index is 2.02. The van der Waals surface area contributed by atoms with Gasteiger partial charge in [0, 0.05) is 17.4 Å². The Morgan fingerprint density at radius 3 is 2.81 bits per heavy atom. The van der Waals surface area contributed by atoms with Crippen molar-refractivity contribution in [2.24, 2.45) is 5.92 Å². The molecule has 1 saturated carbocycles. The maximum Gasteiger partial charge on any atom is 0.236 e. The molecule has 2 heterocycles. The van der Waals surface area contributed by atoms with E-state index in [0.29, 0.717) is 28.3 Å². The number of carbonyl (C=O) groups is 1. The molecule has 3 aromatic rings. The summed E-state index contributed by atoms with van der Waals surface area (Å²) in [6.07, 6.45) is 2.59. The number of rotatable bonds is 2. The van der Waals surface area contributed by atoms with E-state index in [1.165, 1.54) is 0 Å². The summed E-state index contributed by atoms with van der Waals surface area (Å²) in [5.74, 6) is 0.940. The molecule has 1 fully saturated rings. The Morgan fingerprint density at radius 1 is 1.29 bits per heavy atom. The van der Waals surface area contributed by atoms with Crippen LogP contribution in [0.25, 0.3) is 22.3 Å². The molecule has 1 aliphatic rings. The zero-order valence-electron chi connectivity index (χ0n) is 11.5. The van der Waals surface area contributed by atoms with Crippen LogP contribution in [0.5, 0.6) is 0 Å². The van der Waals surface area contributed by atoms with Crippen LogP contribution < -0.4 is 0 Å². The Hall–Kier alpha value is -2.01. The summed E-state index contributed by atoms with van der Waals surface area (Å²) < 4.78 is 1.65. The van der Waals surface area contributed by atoms with E-state index < -0.39 is 0 Å². The van der Waals surface area contributed by atoms with Gasteiger partial charge in [0.2, 0.25) is 5.91 Å². The molecule has 0 aliphatic heterocycles. The first-order valence-electron chi connectivity index (χ1n) is 7.06. The number of fused-ring (bicyclic) bond motifs is 2.